The van der Waals surface area contributed by atoms with Gasteiger partial charge in [0.05, 0.1) is 16.9 Å². The molecule has 7 heteroatoms. The lowest BCUT2D eigenvalue weighted by Gasteiger charge is -2.05. The van der Waals surface area contributed by atoms with E-state index >= 15 is 0 Å². The summed E-state index contributed by atoms with van der Waals surface area (Å²) in [5.74, 6) is -1.02. The Bertz CT molecular complexity index is 1020. The van der Waals surface area contributed by atoms with Gasteiger partial charge in [-0.25, -0.2) is 13.8 Å². The second kappa shape index (κ2) is 5.38. The number of benzene rings is 2. The van der Waals surface area contributed by atoms with Crippen molar-refractivity contribution in [2.24, 2.45) is 0 Å². The van der Waals surface area contributed by atoms with Crippen molar-refractivity contribution in [2.45, 2.75) is 0 Å². The summed E-state index contributed by atoms with van der Waals surface area (Å²) in [6, 6.07) is 11.3. The summed E-state index contributed by atoms with van der Waals surface area (Å²) in [6.45, 7) is 0. The second-order valence-corrected chi connectivity index (χ2v) is 5.38. The molecule has 0 bridgehead atoms. The average molecular weight is 325 g/mol. The molecule has 4 aromatic rings. The van der Waals surface area contributed by atoms with Crippen LogP contribution in [0.3, 0.4) is 0 Å². The van der Waals surface area contributed by atoms with Crippen molar-refractivity contribution < 1.29 is 8.78 Å². The molecular weight excluding hydrogens is 312 g/mol. The van der Waals surface area contributed by atoms with Gasteiger partial charge in [0, 0.05) is 23.5 Å². The van der Waals surface area contributed by atoms with Crippen LogP contribution in [0.25, 0.3) is 22.3 Å². The number of halogens is 2. The third-order valence-corrected chi connectivity index (χ3v) is 3.72. The van der Waals surface area contributed by atoms with Crippen molar-refractivity contribution in [1.29, 1.82) is 0 Å². The average Bonchev–Trinajstić information content (AvgIpc) is 3.14. The van der Waals surface area contributed by atoms with Gasteiger partial charge in [-0.3, -0.25) is 0 Å². The zero-order chi connectivity index (χ0) is 16.7. The predicted octanol–water partition coefficient (Wildman–Crippen LogP) is 4.16. The summed E-state index contributed by atoms with van der Waals surface area (Å²) in [4.78, 5) is 10.0. The molecule has 5 nitrogen and oxygen atoms in total. The van der Waals surface area contributed by atoms with Crippen LogP contribution in [-0.2, 0) is 0 Å². The minimum absolute atomic E-state index is 0.0923. The van der Waals surface area contributed by atoms with Crippen LogP contribution in [0.2, 0.25) is 0 Å². The molecular formula is C17H13F2N5. The number of H-pyrrole nitrogens is 2. The molecule has 0 spiro atoms. The van der Waals surface area contributed by atoms with E-state index < -0.39 is 11.6 Å². The highest BCUT2D eigenvalue weighted by atomic mass is 19.1. The number of rotatable bonds is 3. The Morgan fingerprint density at radius 2 is 1.83 bits per heavy atom. The smallest absolute Gasteiger partial charge is 0.205 e. The third-order valence-electron chi connectivity index (χ3n) is 3.72. The maximum Gasteiger partial charge on any atom is 0.205 e. The Labute approximate surface area is 135 Å². The Morgan fingerprint density at radius 1 is 1.04 bits per heavy atom. The topological polar surface area (TPSA) is 82.5 Å². The first-order valence-corrected chi connectivity index (χ1v) is 7.25. The molecule has 0 aliphatic rings. The first kappa shape index (κ1) is 14.3. The van der Waals surface area contributed by atoms with E-state index in [0.717, 1.165) is 23.0 Å². The van der Waals surface area contributed by atoms with E-state index in [0.29, 0.717) is 17.2 Å². The zero-order valence-corrected chi connectivity index (χ0v) is 12.4. The fraction of sp³-hybridized carbons (Fsp3) is 0. The summed E-state index contributed by atoms with van der Waals surface area (Å²) >= 11 is 0. The third kappa shape index (κ3) is 2.45. The Hall–Kier alpha value is -3.35. The Kier molecular flexibility index (Phi) is 3.19. The van der Waals surface area contributed by atoms with Gasteiger partial charge in [0.1, 0.15) is 11.3 Å². The molecule has 0 atom stereocenters. The van der Waals surface area contributed by atoms with Crippen LogP contribution in [-0.4, -0.2) is 15.0 Å². The fourth-order valence-electron chi connectivity index (χ4n) is 2.59. The van der Waals surface area contributed by atoms with Gasteiger partial charge < -0.3 is 21.0 Å². The molecule has 0 saturated carbocycles. The summed E-state index contributed by atoms with van der Waals surface area (Å²) in [7, 11) is 0. The van der Waals surface area contributed by atoms with Crippen LogP contribution in [0.5, 0.6) is 0 Å². The number of nitrogens with one attached hydrogen (secondary N) is 3. The zero-order valence-electron chi connectivity index (χ0n) is 12.4. The molecule has 0 amide bonds. The van der Waals surface area contributed by atoms with E-state index in [1.165, 1.54) is 6.07 Å². The molecule has 4 rings (SSSR count). The number of nitrogen functional groups attached to an aromatic ring is 1. The molecule has 0 radical (unpaired) electrons. The van der Waals surface area contributed by atoms with Gasteiger partial charge in [0.2, 0.25) is 5.95 Å². The standard InChI is InChI=1S/C17H13F2N5/c18-10-7-12(19)16-14(8-10)23-17(24-16)22-11-3-1-9(2-4-11)15-13(20)5-6-21-15/h1-8,21H,20H2,(H2,22,23,24). The molecule has 2 aromatic heterocycles. The minimum Gasteiger partial charge on any atom is -0.397 e. The quantitative estimate of drug-likeness (QED) is 0.456. The molecule has 120 valence electrons. The summed E-state index contributed by atoms with van der Waals surface area (Å²) in [6.07, 6.45) is 1.78. The van der Waals surface area contributed by atoms with Crippen LogP contribution < -0.4 is 11.1 Å². The molecule has 0 unspecified atom stereocenters. The summed E-state index contributed by atoms with van der Waals surface area (Å²) in [5, 5.41) is 3.03. The highest BCUT2D eigenvalue weighted by molar-refractivity contribution is 5.79. The van der Waals surface area contributed by atoms with Gasteiger partial charge in [-0.15, -0.1) is 0 Å². The van der Waals surface area contributed by atoms with Crippen LogP contribution >= 0.6 is 0 Å². The van der Waals surface area contributed by atoms with Crippen molar-refractivity contribution in [2.75, 3.05) is 11.1 Å². The van der Waals surface area contributed by atoms with E-state index in [1.54, 1.807) is 12.3 Å². The maximum absolute atomic E-state index is 13.7. The molecule has 2 aromatic carbocycles. The fourth-order valence-corrected chi connectivity index (χ4v) is 2.59. The van der Waals surface area contributed by atoms with Crippen molar-refractivity contribution in [1.82, 2.24) is 15.0 Å². The molecule has 0 aliphatic heterocycles. The van der Waals surface area contributed by atoms with Crippen molar-refractivity contribution >= 4 is 28.4 Å². The SMILES string of the molecule is Nc1cc[nH]c1-c1ccc(Nc2nc3c(F)cc(F)cc3[nH]2)cc1. The number of aromatic amines is 2. The summed E-state index contributed by atoms with van der Waals surface area (Å²) < 4.78 is 26.9. The first-order valence-electron chi connectivity index (χ1n) is 7.25. The van der Waals surface area contributed by atoms with E-state index in [1.807, 2.05) is 24.3 Å². The highest BCUT2D eigenvalue weighted by Crippen LogP contribution is 2.26. The largest absolute Gasteiger partial charge is 0.397 e. The number of hydrogen-bond donors (Lipinski definition) is 4. The van der Waals surface area contributed by atoms with E-state index in [-0.39, 0.29) is 5.52 Å². The normalized spacial score (nSPS) is 11.1. The maximum atomic E-state index is 13.7. The van der Waals surface area contributed by atoms with Crippen molar-refractivity contribution in [3.05, 3.63) is 60.3 Å². The number of anilines is 3. The molecule has 5 N–H and O–H groups in total. The van der Waals surface area contributed by atoms with E-state index in [4.69, 9.17) is 5.73 Å². The summed E-state index contributed by atoms with van der Waals surface area (Å²) in [5.41, 5.74) is 9.49. The Balaban J connectivity index is 1.61. The number of imidazole rings is 1. The van der Waals surface area contributed by atoms with Crippen LogP contribution in [0.15, 0.2) is 48.7 Å². The molecule has 0 aliphatic carbocycles. The predicted molar refractivity (Wildman–Crippen MR) is 89.9 cm³/mol. The lowest BCUT2D eigenvalue weighted by atomic mass is 10.1. The molecule has 2 heterocycles. The molecule has 24 heavy (non-hydrogen) atoms. The van der Waals surface area contributed by atoms with Crippen LogP contribution in [0, 0.1) is 11.6 Å². The van der Waals surface area contributed by atoms with Gasteiger partial charge in [-0.05, 0) is 24.3 Å². The monoisotopic (exact) mass is 325 g/mol. The van der Waals surface area contributed by atoms with Gasteiger partial charge in [-0.2, -0.15) is 0 Å². The number of fused-ring (bicyclic) bond motifs is 1. The van der Waals surface area contributed by atoms with E-state index in [9.17, 15) is 8.78 Å². The second-order valence-electron chi connectivity index (χ2n) is 5.38. The Morgan fingerprint density at radius 3 is 2.54 bits per heavy atom. The van der Waals surface area contributed by atoms with Gasteiger partial charge in [0.15, 0.2) is 5.82 Å². The number of hydrogen-bond acceptors (Lipinski definition) is 3. The van der Waals surface area contributed by atoms with Gasteiger partial charge in [0.25, 0.3) is 0 Å². The lowest BCUT2D eigenvalue weighted by Crippen LogP contribution is -1.92. The van der Waals surface area contributed by atoms with E-state index in [2.05, 4.69) is 20.3 Å². The lowest BCUT2D eigenvalue weighted by molar-refractivity contribution is 0.591. The minimum atomic E-state index is -0.702. The van der Waals surface area contributed by atoms with Crippen LogP contribution in [0.4, 0.5) is 26.1 Å². The van der Waals surface area contributed by atoms with Gasteiger partial charge in [-0.1, -0.05) is 12.1 Å². The molecule has 0 fully saturated rings. The highest BCUT2D eigenvalue weighted by Gasteiger charge is 2.10. The van der Waals surface area contributed by atoms with Crippen LogP contribution in [0.1, 0.15) is 0 Å². The van der Waals surface area contributed by atoms with Gasteiger partial charge >= 0.3 is 0 Å². The number of nitrogens with two attached hydrogens (primary N) is 1. The van der Waals surface area contributed by atoms with Crippen molar-refractivity contribution in [3.8, 4) is 11.3 Å². The molecule has 0 saturated heterocycles. The first-order chi connectivity index (χ1) is 11.6. The number of nitrogens with zero attached hydrogens (tertiary/aromatic N) is 1. The van der Waals surface area contributed by atoms with Crippen molar-refractivity contribution in [3.63, 3.8) is 0 Å². The number of aromatic nitrogens is 3.